The van der Waals surface area contributed by atoms with Crippen molar-refractivity contribution in [2.75, 3.05) is 0 Å². The Hall–Kier alpha value is -1.80. The van der Waals surface area contributed by atoms with Crippen LogP contribution in [0.1, 0.15) is 87.3 Å². The van der Waals surface area contributed by atoms with E-state index >= 15 is 0 Å². The van der Waals surface area contributed by atoms with Crippen molar-refractivity contribution < 1.29 is 18.3 Å². The van der Waals surface area contributed by atoms with Gasteiger partial charge in [-0.15, -0.1) is 0 Å². The predicted octanol–water partition coefficient (Wildman–Crippen LogP) is 6.75. The molecule has 0 bridgehead atoms. The molecule has 1 aromatic rings. The maximum Gasteiger partial charge on any atom is 0.389 e. The van der Waals surface area contributed by atoms with Crippen LogP contribution in [0.25, 0.3) is 0 Å². The fourth-order valence-corrected chi connectivity index (χ4v) is 6.48. The van der Waals surface area contributed by atoms with Crippen molar-refractivity contribution in [1.82, 2.24) is 0 Å². The van der Waals surface area contributed by atoms with Gasteiger partial charge in [-0.2, -0.15) is 18.4 Å². The van der Waals surface area contributed by atoms with Crippen molar-refractivity contribution in [2.24, 2.45) is 11.8 Å². The molecule has 4 atom stereocenters. The van der Waals surface area contributed by atoms with E-state index < -0.39 is 18.2 Å². The quantitative estimate of drug-likeness (QED) is 0.524. The minimum atomic E-state index is -4.23. The van der Waals surface area contributed by atoms with E-state index in [1.54, 1.807) is 0 Å². The van der Waals surface area contributed by atoms with Gasteiger partial charge in [-0.1, -0.05) is 18.2 Å². The van der Waals surface area contributed by atoms with Gasteiger partial charge in [0, 0.05) is 6.42 Å². The first-order valence-electron chi connectivity index (χ1n) is 11.7. The molecule has 1 unspecified atom stereocenters. The van der Waals surface area contributed by atoms with Crippen LogP contribution in [0.2, 0.25) is 0 Å². The number of hydrogen-bond acceptors (Lipinski definition) is 2. The van der Waals surface area contributed by atoms with Crippen LogP contribution in [0.15, 0.2) is 30.4 Å². The van der Waals surface area contributed by atoms with Crippen LogP contribution in [0.4, 0.5) is 13.2 Å². The Morgan fingerprint density at radius 3 is 2.68 bits per heavy atom. The van der Waals surface area contributed by atoms with Crippen LogP contribution in [-0.2, 0) is 11.8 Å². The number of allylic oxidation sites excluding steroid dienone is 2. The number of alkyl halides is 3. The van der Waals surface area contributed by atoms with Crippen molar-refractivity contribution in [1.29, 1.82) is 5.26 Å². The molecule has 5 heteroatoms. The Morgan fingerprint density at radius 2 is 1.97 bits per heavy atom. The number of nitriles is 1. The first kappa shape index (κ1) is 22.4. The molecule has 3 aliphatic carbocycles. The van der Waals surface area contributed by atoms with Crippen molar-refractivity contribution in [3.63, 3.8) is 0 Å². The first-order chi connectivity index (χ1) is 14.7. The monoisotopic (exact) mass is 431 g/mol. The molecule has 168 valence electrons. The minimum absolute atomic E-state index is 0.0901. The third kappa shape index (κ3) is 4.85. The average molecular weight is 432 g/mol. The molecule has 2 nitrogen and oxygen atoms in total. The molecule has 0 heterocycles. The minimum Gasteiger partial charge on any atom is -0.390 e. The zero-order valence-electron chi connectivity index (χ0n) is 18.1. The van der Waals surface area contributed by atoms with Gasteiger partial charge in [-0.3, -0.25) is 0 Å². The smallest absolute Gasteiger partial charge is 0.389 e. The molecule has 0 amide bonds. The summed E-state index contributed by atoms with van der Waals surface area (Å²) in [6.45, 7) is 0. The summed E-state index contributed by atoms with van der Waals surface area (Å²) in [5, 5.41) is 20.4. The molecular weight excluding hydrogens is 399 g/mol. The number of aliphatic hydroxyl groups is 1. The normalized spacial score (nSPS) is 32.7. The molecule has 1 N–H and O–H groups in total. The summed E-state index contributed by atoms with van der Waals surface area (Å²) in [6, 6.07) is 8.22. The van der Waals surface area contributed by atoms with Gasteiger partial charge in [0.05, 0.1) is 17.2 Å². The van der Waals surface area contributed by atoms with Gasteiger partial charge < -0.3 is 5.11 Å². The Kier molecular flexibility index (Phi) is 6.23. The van der Waals surface area contributed by atoms with E-state index in [4.69, 9.17) is 0 Å². The van der Waals surface area contributed by atoms with Gasteiger partial charge in [0.15, 0.2) is 0 Å². The maximum absolute atomic E-state index is 12.8. The highest BCUT2D eigenvalue weighted by Gasteiger charge is 2.51. The summed E-state index contributed by atoms with van der Waals surface area (Å²) < 4.78 is 38.5. The van der Waals surface area contributed by atoms with E-state index in [9.17, 15) is 23.5 Å². The summed E-state index contributed by atoms with van der Waals surface area (Å²) in [6.07, 6.45) is 8.05. The summed E-state index contributed by atoms with van der Waals surface area (Å²) >= 11 is 0. The molecule has 0 aromatic heterocycles. The number of nitrogens with zero attached hydrogens (tertiary/aromatic N) is 1. The standard InChI is InChI=1S/C26H32F3NO/c27-26(28,29)15-13-24(31)12-14-25(11-10-19-4-2-1-3-5-19)22(17-24)8-7-21-16-20(18-30)6-9-23(21)25/h1-2,6,9,16,19,22,31H,3-5,7-8,10-15,17H2/t19?,22-,24+,25-/m1/s1. The van der Waals surface area contributed by atoms with E-state index in [1.165, 1.54) is 17.5 Å². The van der Waals surface area contributed by atoms with Gasteiger partial charge in [-0.25, -0.2) is 0 Å². The number of aryl methyl sites for hydroxylation is 1. The predicted molar refractivity (Wildman–Crippen MR) is 114 cm³/mol. The molecule has 0 radical (unpaired) electrons. The van der Waals surface area contributed by atoms with Crippen molar-refractivity contribution in [3.8, 4) is 6.07 Å². The summed E-state index contributed by atoms with van der Waals surface area (Å²) in [4.78, 5) is 0. The second kappa shape index (κ2) is 8.62. The lowest BCUT2D eigenvalue weighted by Gasteiger charge is -2.54. The highest BCUT2D eigenvalue weighted by atomic mass is 19.4. The van der Waals surface area contributed by atoms with E-state index in [0.717, 1.165) is 44.9 Å². The fourth-order valence-electron chi connectivity index (χ4n) is 6.48. The zero-order chi connectivity index (χ0) is 22.1. The van der Waals surface area contributed by atoms with Crippen LogP contribution < -0.4 is 0 Å². The van der Waals surface area contributed by atoms with Crippen molar-refractivity contribution in [2.45, 2.75) is 94.2 Å². The summed E-state index contributed by atoms with van der Waals surface area (Å²) in [5.74, 6) is 0.855. The number of hydrogen-bond donors (Lipinski definition) is 1. The first-order valence-corrected chi connectivity index (χ1v) is 11.7. The van der Waals surface area contributed by atoms with E-state index in [1.807, 2.05) is 12.1 Å². The number of rotatable bonds is 5. The van der Waals surface area contributed by atoms with Crippen molar-refractivity contribution in [3.05, 3.63) is 47.0 Å². The molecule has 3 aliphatic rings. The van der Waals surface area contributed by atoms with E-state index in [2.05, 4.69) is 24.3 Å². The third-order valence-corrected chi connectivity index (χ3v) is 8.23. The van der Waals surface area contributed by atoms with Crippen molar-refractivity contribution >= 4 is 0 Å². The molecular formula is C26H32F3NO. The van der Waals surface area contributed by atoms with Crippen LogP contribution in [0, 0.1) is 23.2 Å². The van der Waals surface area contributed by atoms with E-state index in [-0.39, 0.29) is 17.8 Å². The fraction of sp³-hybridized carbons (Fsp3) is 0.654. The third-order valence-electron chi connectivity index (χ3n) is 8.23. The molecule has 0 spiro atoms. The Morgan fingerprint density at radius 1 is 1.13 bits per heavy atom. The second-order valence-electron chi connectivity index (χ2n) is 10.1. The zero-order valence-corrected chi connectivity index (χ0v) is 18.1. The van der Waals surface area contributed by atoms with Gasteiger partial charge in [0.1, 0.15) is 0 Å². The molecule has 0 saturated heterocycles. The summed E-state index contributed by atoms with van der Waals surface area (Å²) in [5.41, 5.74) is 1.86. The average Bonchev–Trinajstić information content (AvgIpc) is 2.76. The highest BCUT2D eigenvalue weighted by Crippen LogP contribution is 2.56. The number of halogens is 3. The molecule has 1 fully saturated rings. The Balaban J connectivity index is 1.60. The largest absolute Gasteiger partial charge is 0.390 e. The van der Waals surface area contributed by atoms with E-state index in [0.29, 0.717) is 24.3 Å². The lowest BCUT2D eigenvalue weighted by Crippen LogP contribution is -2.50. The van der Waals surface area contributed by atoms with Gasteiger partial charge in [0.2, 0.25) is 0 Å². The molecule has 1 saturated carbocycles. The van der Waals surface area contributed by atoms with Crippen LogP contribution in [0.5, 0.6) is 0 Å². The number of benzene rings is 1. The lowest BCUT2D eigenvalue weighted by atomic mass is 9.52. The topological polar surface area (TPSA) is 44.0 Å². The molecule has 1 aromatic carbocycles. The second-order valence-corrected chi connectivity index (χ2v) is 10.1. The maximum atomic E-state index is 12.8. The SMILES string of the molecule is N#Cc1ccc2c(c1)CC[C@@H]1C[C@@](O)(CCC(F)(F)F)CC[C@@]21CCC1CC=CCC1. The Labute approximate surface area is 183 Å². The number of fused-ring (bicyclic) bond motifs is 3. The highest BCUT2D eigenvalue weighted by molar-refractivity contribution is 5.44. The summed E-state index contributed by atoms with van der Waals surface area (Å²) in [7, 11) is 0. The van der Waals surface area contributed by atoms with Gasteiger partial charge in [0.25, 0.3) is 0 Å². The molecule has 31 heavy (non-hydrogen) atoms. The van der Waals surface area contributed by atoms with Gasteiger partial charge in [-0.05, 0) is 111 Å². The van der Waals surface area contributed by atoms with Gasteiger partial charge >= 0.3 is 6.18 Å². The van der Waals surface area contributed by atoms with Crippen LogP contribution in [0.3, 0.4) is 0 Å². The molecule has 4 rings (SSSR count). The molecule has 0 aliphatic heterocycles. The van der Waals surface area contributed by atoms with Crippen LogP contribution in [-0.4, -0.2) is 16.9 Å². The van der Waals surface area contributed by atoms with Crippen LogP contribution >= 0.6 is 0 Å². The Bertz CT molecular complexity index is 870. The lowest BCUT2D eigenvalue weighted by molar-refractivity contribution is -0.154.